The van der Waals surface area contributed by atoms with E-state index in [1.807, 2.05) is 12.1 Å². The number of carbonyl (C=O) groups is 1. The summed E-state index contributed by atoms with van der Waals surface area (Å²) in [4.78, 5) is 13.2. The Labute approximate surface area is 116 Å². The molecule has 0 bridgehead atoms. The van der Waals surface area contributed by atoms with Gasteiger partial charge in [0.25, 0.3) is 0 Å². The van der Waals surface area contributed by atoms with Gasteiger partial charge >= 0.3 is 5.97 Å². The third-order valence-electron chi connectivity index (χ3n) is 2.56. The molecule has 0 fully saturated rings. The van der Waals surface area contributed by atoms with Crippen LogP contribution in [0.4, 0.5) is 5.69 Å². The smallest absolute Gasteiger partial charge is 0.335 e. The van der Waals surface area contributed by atoms with Gasteiger partial charge in [-0.05, 0) is 39.0 Å². The lowest BCUT2D eigenvalue weighted by Gasteiger charge is -2.37. The molecule has 0 aliphatic carbocycles. The first-order valence-electron chi connectivity index (χ1n) is 5.68. The molecule has 98 valence electrons. The van der Waals surface area contributed by atoms with Gasteiger partial charge in [0.05, 0.1) is 5.56 Å². The molecule has 0 amide bonds. The molecule has 0 heterocycles. The molecule has 1 aromatic rings. The highest BCUT2D eigenvalue weighted by atomic mass is 79.9. The molecule has 0 spiro atoms. The van der Waals surface area contributed by atoms with Crippen LogP contribution in [-0.4, -0.2) is 23.2 Å². The normalized spacial score (nSPS) is 11.1. The zero-order valence-corrected chi connectivity index (χ0v) is 12.5. The summed E-state index contributed by atoms with van der Waals surface area (Å²) < 4.78 is 0.760. The van der Waals surface area contributed by atoms with Crippen molar-refractivity contribution in [3.8, 4) is 0 Å². The van der Waals surface area contributed by atoms with E-state index >= 15 is 0 Å². The number of aromatic carboxylic acids is 1. The van der Waals surface area contributed by atoms with Gasteiger partial charge in [-0.2, -0.15) is 0 Å². The van der Waals surface area contributed by atoms with Crippen LogP contribution in [-0.2, 0) is 0 Å². The highest BCUT2D eigenvalue weighted by molar-refractivity contribution is 9.10. The highest BCUT2D eigenvalue weighted by Gasteiger charge is 2.21. The van der Waals surface area contributed by atoms with Gasteiger partial charge in [-0.15, -0.1) is 6.58 Å². The van der Waals surface area contributed by atoms with Crippen LogP contribution in [0.1, 0.15) is 31.1 Å². The lowest BCUT2D eigenvalue weighted by atomic mass is 10.0. The molecule has 4 heteroatoms. The standard InChI is InChI=1S/C14H18BrNO2/c1-5-6-16(14(2,3)4)12-8-10(13(17)18)7-11(15)9-12/h5,7-9H,1,6H2,2-4H3,(H,17,18). The fourth-order valence-electron chi connectivity index (χ4n) is 1.75. The highest BCUT2D eigenvalue weighted by Crippen LogP contribution is 2.28. The summed E-state index contributed by atoms with van der Waals surface area (Å²) in [7, 11) is 0. The Morgan fingerprint density at radius 2 is 2.06 bits per heavy atom. The van der Waals surface area contributed by atoms with Gasteiger partial charge in [-0.1, -0.05) is 22.0 Å². The van der Waals surface area contributed by atoms with Crippen molar-refractivity contribution in [2.75, 3.05) is 11.4 Å². The van der Waals surface area contributed by atoms with Crippen molar-refractivity contribution in [2.45, 2.75) is 26.3 Å². The fourth-order valence-corrected chi connectivity index (χ4v) is 2.23. The van der Waals surface area contributed by atoms with Gasteiger partial charge in [-0.25, -0.2) is 4.79 Å². The molecule has 0 unspecified atom stereocenters. The number of benzene rings is 1. The zero-order chi connectivity index (χ0) is 13.9. The second-order valence-electron chi connectivity index (χ2n) is 5.07. The fraction of sp³-hybridized carbons (Fsp3) is 0.357. The third kappa shape index (κ3) is 3.60. The summed E-state index contributed by atoms with van der Waals surface area (Å²) in [6.07, 6.45) is 1.81. The predicted molar refractivity (Wildman–Crippen MR) is 78.4 cm³/mol. The number of anilines is 1. The Bertz CT molecular complexity index is 463. The quantitative estimate of drug-likeness (QED) is 0.856. The van der Waals surface area contributed by atoms with E-state index in [1.165, 1.54) is 0 Å². The van der Waals surface area contributed by atoms with Crippen molar-refractivity contribution in [1.82, 2.24) is 0 Å². The van der Waals surface area contributed by atoms with Crippen molar-refractivity contribution in [1.29, 1.82) is 0 Å². The number of halogens is 1. The second-order valence-corrected chi connectivity index (χ2v) is 5.99. The molecule has 0 aliphatic heterocycles. The van der Waals surface area contributed by atoms with Crippen LogP contribution in [0.15, 0.2) is 35.3 Å². The van der Waals surface area contributed by atoms with E-state index in [2.05, 4.69) is 48.2 Å². The number of rotatable bonds is 4. The first-order chi connectivity index (χ1) is 8.25. The molecule has 1 aromatic carbocycles. The summed E-state index contributed by atoms with van der Waals surface area (Å²) in [5, 5.41) is 9.09. The number of hydrogen-bond donors (Lipinski definition) is 1. The van der Waals surface area contributed by atoms with Crippen LogP contribution in [0.25, 0.3) is 0 Å². The first kappa shape index (κ1) is 14.8. The van der Waals surface area contributed by atoms with Crippen LogP contribution < -0.4 is 4.90 Å². The number of nitrogens with zero attached hydrogens (tertiary/aromatic N) is 1. The summed E-state index contributed by atoms with van der Waals surface area (Å²) in [6, 6.07) is 5.20. The zero-order valence-electron chi connectivity index (χ0n) is 10.9. The summed E-state index contributed by atoms with van der Waals surface area (Å²) in [5.41, 5.74) is 1.04. The predicted octanol–water partition coefficient (Wildman–Crippen LogP) is 3.94. The van der Waals surface area contributed by atoms with E-state index in [0.29, 0.717) is 6.54 Å². The van der Waals surface area contributed by atoms with E-state index in [9.17, 15) is 4.79 Å². The Hall–Kier alpha value is -1.29. The lowest BCUT2D eigenvalue weighted by molar-refractivity contribution is 0.0697. The van der Waals surface area contributed by atoms with E-state index in [0.717, 1.165) is 10.2 Å². The molecule has 1 N–H and O–H groups in total. The average molecular weight is 312 g/mol. The van der Waals surface area contributed by atoms with Crippen molar-refractivity contribution in [2.24, 2.45) is 0 Å². The van der Waals surface area contributed by atoms with Crippen molar-refractivity contribution in [3.63, 3.8) is 0 Å². The Kier molecular flexibility index (Phi) is 4.57. The number of carboxylic acid groups (broad SMARTS) is 1. The molecule has 0 atom stereocenters. The Morgan fingerprint density at radius 1 is 1.44 bits per heavy atom. The maximum Gasteiger partial charge on any atom is 0.335 e. The van der Waals surface area contributed by atoms with Crippen LogP contribution in [0.3, 0.4) is 0 Å². The molecular formula is C14H18BrNO2. The van der Waals surface area contributed by atoms with Crippen LogP contribution in [0.5, 0.6) is 0 Å². The Balaban J connectivity index is 3.28. The maximum absolute atomic E-state index is 11.1. The third-order valence-corrected chi connectivity index (χ3v) is 3.02. The summed E-state index contributed by atoms with van der Waals surface area (Å²) in [5.74, 6) is -0.926. The van der Waals surface area contributed by atoms with Crippen LogP contribution in [0, 0.1) is 0 Å². The maximum atomic E-state index is 11.1. The Morgan fingerprint density at radius 3 is 2.50 bits per heavy atom. The molecule has 0 aliphatic rings. The monoisotopic (exact) mass is 311 g/mol. The molecule has 1 rings (SSSR count). The second kappa shape index (κ2) is 5.57. The van der Waals surface area contributed by atoms with Gasteiger partial charge in [0.15, 0.2) is 0 Å². The SMILES string of the molecule is C=CCN(c1cc(Br)cc(C(=O)O)c1)C(C)(C)C. The molecule has 0 aromatic heterocycles. The number of carboxylic acids is 1. The van der Waals surface area contributed by atoms with Gasteiger partial charge in [0, 0.05) is 22.2 Å². The molecule has 0 saturated carbocycles. The first-order valence-corrected chi connectivity index (χ1v) is 6.47. The van der Waals surface area contributed by atoms with Crippen molar-refractivity contribution in [3.05, 3.63) is 40.9 Å². The molecular weight excluding hydrogens is 294 g/mol. The topological polar surface area (TPSA) is 40.5 Å². The van der Waals surface area contributed by atoms with Gasteiger partial charge in [-0.3, -0.25) is 0 Å². The summed E-state index contributed by atoms with van der Waals surface area (Å²) >= 11 is 3.35. The van der Waals surface area contributed by atoms with Crippen molar-refractivity contribution < 1.29 is 9.90 Å². The van der Waals surface area contributed by atoms with E-state index in [1.54, 1.807) is 12.1 Å². The van der Waals surface area contributed by atoms with E-state index < -0.39 is 5.97 Å². The molecule has 0 radical (unpaired) electrons. The van der Waals surface area contributed by atoms with E-state index in [-0.39, 0.29) is 11.1 Å². The molecule has 3 nitrogen and oxygen atoms in total. The van der Waals surface area contributed by atoms with Gasteiger partial charge in [0.1, 0.15) is 0 Å². The lowest BCUT2D eigenvalue weighted by Crippen LogP contribution is -2.41. The van der Waals surface area contributed by atoms with Crippen molar-refractivity contribution >= 4 is 27.6 Å². The van der Waals surface area contributed by atoms with E-state index in [4.69, 9.17) is 5.11 Å². The minimum Gasteiger partial charge on any atom is -0.478 e. The van der Waals surface area contributed by atoms with Crippen LogP contribution >= 0.6 is 15.9 Å². The largest absolute Gasteiger partial charge is 0.478 e. The van der Waals surface area contributed by atoms with Crippen LogP contribution in [0.2, 0.25) is 0 Å². The average Bonchev–Trinajstić information content (AvgIpc) is 2.23. The minimum absolute atomic E-state index is 0.106. The summed E-state index contributed by atoms with van der Waals surface area (Å²) in [6.45, 7) is 10.7. The van der Waals surface area contributed by atoms with Gasteiger partial charge in [0.2, 0.25) is 0 Å². The number of hydrogen-bond acceptors (Lipinski definition) is 2. The molecule has 18 heavy (non-hydrogen) atoms. The molecule has 0 saturated heterocycles. The minimum atomic E-state index is -0.926. The van der Waals surface area contributed by atoms with Gasteiger partial charge < -0.3 is 10.0 Å².